The number of rotatable bonds is 44. The molecule has 4 atom stereocenters. The summed E-state index contributed by atoms with van der Waals surface area (Å²) < 4.78 is 120. The van der Waals surface area contributed by atoms with Crippen LogP contribution in [0, 0.1) is 0 Å². The zero-order chi connectivity index (χ0) is 101. The maximum atomic E-state index is 12.1. The molecular formula is C84H129ClN16O32S4. The molecule has 4 aliphatic heterocycles. The molecule has 8 heterocycles. The van der Waals surface area contributed by atoms with Crippen molar-refractivity contribution < 1.29 is 154 Å². The number of aromatic nitrogens is 8. The fourth-order valence-corrected chi connectivity index (χ4v) is 12.3. The standard InChI is InChI=1S/4C19H30N4O6S.2C4H4O4.ClH/c4*1-5-27-15(24)6-7-16(25)29-14(12-20-19(2,3)4)13-28-18-17(21-30-22-18)23-8-10-26-11-9-23;2*5-3(6)1-2-4(7)8;/h4*6-7,14,20H,5,8-13H2,1-4H3;2*1-2H,(H,5,6)(H,7,8);1H/b4*7-6+;2*2-1-;/t4*14-;;;/m0000.../s1. The number of carbonyl (C=O) groups is 12. The highest BCUT2D eigenvalue weighted by molar-refractivity contribution is 7.00. The predicted molar refractivity (Wildman–Crippen MR) is 503 cm³/mol. The Morgan fingerprint density at radius 2 is 0.467 bits per heavy atom. The molecule has 0 aliphatic carbocycles. The van der Waals surface area contributed by atoms with E-state index in [1.165, 1.54) is 0 Å². The smallest absolute Gasteiger partial charge is 0.331 e. The zero-order valence-corrected chi connectivity index (χ0v) is 83.7. The summed E-state index contributed by atoms with van der Waals surface area (Å²) in [5.74, 6) is -5.76. The Labute approximate surface area is 817 Å². The Hall–Kier alpha value is -11.3. The summed E-state index contributed by atoms with van der Waals surface area (Å²) >= 11 is 4.26. The van der Waals surface area contributed by atoms with Crippen molar-refractivity contribution in [3.63, 3.8) is 0 Å². The molecule has 0 unspecified atom stereocenters. The predicted octanol–water partition coefficient (Wildman–Crippen LogP) is 4.54. The van der Waals surface area contributed by atoms with E-state index < -0.39 is 96.0 Å². The van der Waals surface area contributed by atoms with Crippen molar-refractivity contribution in [2.45, 2.75) is 157 Å². The molecule has 53 heteroatoms. The summed E-state index contributed by atoms with van der Waals surface area (Å²) in [4.78, 5) is 140. The highest BCUT2D eigenvalue weighted by Crippen LogP contribution is 2.31. The number of carboxylic acids is 4. The zero-order valence-electron chi connectivity index (χ0n) is 79.7. The second-order valence-electron chi connectivity index (χ2n) is 32.3. The van der Waals surface area contributed by atoms with Crippen LogP contribution in [-0.4, -0.2) is 358 Å². The fourth-order valence-electron chi connectivity index (χ4n) is 10.3. The number of aliphatic carboxylic acids is 4. The van der Waals surface area contributed by atoms with Gasteiger partial charge in [-0.2, -0.15) is 17.5 Å². The molecule has 0 spiro atoms. The number of carboxylic acid groups (broad SMARTS) is 4. The summed E-state index contributed by atoms with van der Waals surface area (Å²) in [5, 5.41) is 44.4. The van der Waals surface area contributed by atoms with Gasteiger partial charge in [-0.1, -0.05) is 0 Å². The molecule has 137 heavy (non-hydrogen) atoms. The first-order chi connectivity index (χ1) is 64.4. The first kappa shape index (κ1) is 122. The van der Waals surface area contributed by atoms with Crippen LogP contribution in [0.4, 0.5) is 23.3 Å². The molecule has 0 radical (unpaired) electrons. The third-order valence-corrected chi connectivity index (χ3v) is 18.5. The number of hydrogen-bond donors (Lipinski definition) is 8. The SMILES string of the molecule is CCOC(=O)/C=C/C(=O)O[C@@H](CNC(C)(C)C)COc1nsnc1N1CCOCC1.CCOC(=O)/C=C/C(=O)O[C@@H](CNC(C)(C)C)COc1nsnc1N1CCOCC1.CCOC(=O)/C=C/C(=O)O[C@@H](CNC(C)(C)C)COc1nsnc1N1CCOCC1.CCOC(=O)/C=C/C(=O)O[C@@H](CNC(C)(C)C)COc1nsnc1N1CCOCC1.Cl.O=C(O)/C=C\C(=O)O.O=C(O)/C=C\C(=O)O. The maximum Gasteiger partial charge on any atom is 0.331 e. The first-order valence-electron chi connectivity index (χ1n) is 43.0. The molecule has 4 aromatic heterocycles. The molecule has 8 rings (SSSR count). The van der Waals surface area contributed by atoms with Gasteiger partial charge in [-0.25, -0.2) is 57.5 Å². The van der Waals surface area contributed by atoms with Gasteiger partial charge in [0.05, 0.1) is 126 Å². The topological polar surface area (TPSA) is 598 Å². The van der Waals surface area contributed by atoms with Crippen molar-refractivity contribution in [1.82, 2.24) is 56.3 Å². The van der Waals surface area contributed by atoms with E-state index in [2.05, 4.69) is 75.9 Å². The number of morpholine rings is 4. The van der Waals surface area contributed by atoms with Gasteiger partial charge in [-0.05, 0) is 111 Å². The number of nitrogens with zero attached hydrogens (tertiary/aromatic N) is 12. The van der Waals surface area contributed by atoms with Crippen molar-refractivity contribution in [3.8, 4) is 23.5 Å². The number of carbonyl (C=O) groups excluding carboxylic acids is 8. The molecule has 0 bridgehead atoms. The van der Waals surface area contributed by atoms with Crippen LogP contribution < -0.4 is 59.8 Å². The van der Waals surface area contributed by atoms with Crippen LogP contribution in [0.3, 0.4) is 0 Å². The third-order valence-electron chi connectivity index (χ3n) is 16.5. The molecule has 0 aromatic carbocycles. The van der Waals surface area contributed by atoms with Gasteiger partial charge < -0.3 is 137 Å². The Balaban J connectivity index is 0.000000583. The van der Waals surface area contributed by atoms with Gasteiger partial charge in [-0.15, -0.1) is 29.9 Å². The minimum atomic E-state index is -1.26. The van der Waals surface area contributed by atoms with Gasteiger partial charge in [0.25, 0.3) is 23.5 Å². The summed E-state index contributed by atoms with van der Waals surface area (Å²) in [6.45, 7) is 44.3. The summed E-state index contributed by atoms with van der Waals surface area (Å²) in [6, 6.07) is 0. The van der Waals surface area contributed by atoms with E-state index in [0.717, 1.165) is 95.5 Å². The Kier molecular flexibility index (Phi) is 59.6. The van der Waals surface area contributed by atoms with Crippen LogP contribution in [0.5, 0.6) is 23.5 Å². The molecule has 4 fully saturated rings. The van der Waals surface area contributed by atoms with Crippen LogP contribution in [0.15, 0.2) is 72.9 Å². The van der Waals surface area contributed by atoms with Crippen LogP contribution in [-0.2, 0) is 114 Å². The monoisotopic (exact) mass is 2040 g/mol. The number of anilines is 4. The lowest BCUT2D eigenvalue weighted by atomic mass is 10.1. The molecule has 4 aromatic rings. The quantitative estimate of drug-likeness (QED) is 0.0171. The highest BCUT2D eigenvalue weighted by Gasteiger charge is 2.30. The van der Waals surface area contributed by atoms with Crippen molar-refractivity contribution in [2.24, 2.45) is 0 Å². The minimum Gasteiger partial charge on any atom is -0.478 e. The second kappa shape index (κ2) is 67.0. The van der Waals surface area contributed by atoms with E-state index in [0.29, 0.717) is 202 Å². The van der Waals surface area contributed by atoms with E-state index in [4.69, 9.17) is 96.2 Å². The van der Waals surface area contributed by atoms with Crippen LogP contribution >= 0.6 is 59.3 Å². The molecule has 8 N–H and O–H groups in total. The van der Waals surface area contributed by atoms with Crippen LogP contribution in [0.1, 0.15) is 111 Å². The van der Waals surface area contributed by atoms with E-state index in [9.17, 15) is 57.5 Å². The van der Waals surface area contributed by atoms with E-state index in [1.807, 2.05) is 83.1 Å². The summed E-state index contributed by atoms with van der Waals surface area (Å²) in [7, 11) is 0. The molecule has 48 nitrogen and oxygen atoms in total. The Bertz CT molecular complexity index is 3910. The van der Waals surface area contributed by atoms with Crippen molar-refractivity contribution >= 4 is 154 Å². The lowest BCUT2D eigenvalue weighted by molar-refractivity contribution is -0.145. The highest BCUT2D eigenvalue weighted by atomic mass is 35.5. The number of ether oxygens (including phenoxy) is 16. The molecule has 4 aliphatic rings. The van der Waals surface area contributed by atoms with Gasteiger partial charge in [0.2, 0.25) is 23.3 Å². The van der Waals surface area contributed by atoms with Gasteiger partial charge in [0, 0.05) is 174 Å². The van der Waals surface area contributed by atoms with Gasteiger partial charge in [0.15, 0.2) is 0 Å². The van der Waals surface area contributed by atoms with E-state index in [-0.39, 0.29) is 87.4 Å². The number of esters is 8. The average Bonchev–Trinajstić information content (AvgIpc) is 1.74. The molecule has 0 amide bonds. The first-order valence-corrected chi connectivity index (χ1v) is 45.9. The normalized spacial score (nSPS) is 14.9. The van der Waals surface area contributed by atoms with Crippen LogP contribution in [0.2, 0.25) is 0 Å². The Morgan fingerprint density at radius 3 is 0.620 bits per heavy atom. The Morgan fingerprint density at radius 1 is 0.299 bits per heavy atom. The fraction of sp³-hybridized carbons (Fsp3) is 0.619. The van der Waals surface area contributed by atoms with Gasteiger partial charge in [-0.3, -0.25) is 0 Å². The summed E-state index contributed by atoms with van der Waals surface area (Å²) in [5.41, 5.74) is -0.696. The lowest BCUT2D eigenvalue weighted by Gasteiger charge is -2.27. The summed E-state index contributed by atoms with van der Waals surface area (Å²) in [6.07, 6.45) is 8.22. The average molecular weight is 2040 g/mol. The molecular weight excluding hydrogens is 1910 g/mol. The van der Waals surface area contributed by atoms with E-state index >= 15 is 0 Å². The molecule has 4 saturated heterocycles. The largest absolute Gasteiger partial charge is 0.478 e. The second-order valence-corrected chi connectivity index (χ2v) is 34.4. The van der Waals surface area contributed by atoms with Crippen molar-refractivity contribution in [1.29, 1.82) is 0 Å². The van der Waals surface area contributed by atoms with Crippen molar-refractivity contribution in [3.05, 3.63) is 72.9 Å². The molecule has 768 valence electrons. The maximum absolute atomic E-state index is 12.1. The van der Waals surface area contributed by atoms with E-state index in [1.54, 1.807) is 27.7 Å². The minimum absolute atomic E-state index is 0. The number of hydrogen-bond acceptors (Lipinski definition) is 48. The number of halogens is 1. The van der Waals surface area contributed by atoms with Crippen molar-refractivity contribution in [2.75, 3.05) is 204 Å². The van der Waals surface area contributed by atoms with Gasteiger partial charge in [0.1, 0.15) is 50.8 Å². The third kappa shape index (κ3) is 58.8. The lowest BCUT2D eigenvalue weighted by Crippen LogP contribution is -2.44. The van der Waals surface area contributed by atoms with Gasteiger partial charge >= 0.3 is 71.6 Å². The molecule has 0 saturated carbocycles. The number of nitrogens with one attached hydrogen (secondary N) is 4. The van der Waals surface area contributed by atoms with Crippen LogP contribution in [0.25, 0.3) is 0 Å².